The van der Waals surface area contributed by atoms with Crippen molar-refractivity contribution < 1.29 is 9.36 Å². The van der Waals surface area contributed by atoms with E-state index in [0.717, 1.165) is 36.3 Å². The van der Waals surface area contributed by atoms with Crippen LogP contribution in [-0.2, 0) is 10.6 Å². The van der Waals surface area contributed by atoms with Gasteiger partial charge in [0.1, 0.15) is 0 Å². The third kappa shape index (κ3) is 2.10. The van der Waals surface area contributed by atoms with Crippen LogP contribution in [0.3, 0.4) is 0 Å². The molecule has 0 saturated carbocycles. The molecule has 0 aromatic carbocycles. The van der Waals surface area contributed by atoms with Crippen molar-refractivity contribution in [2.45, 2.75) is 18.6 Å². The summed E-state index contributed by atoms with van der Waals surface area (Å²) in [5, 5.41) is 8.40. The summed E-state index contributed by atoms with van der Waals surface area (Å²) in [4.78, 5) is 20.6. The van der Waals surface area contributed by atoms with Crippen LogP contribution in [-0.4, -0.2) is 37.4 Å². The van der Waals surface area contributed by atoms with E-state index in [1.165, 1.54) is 0 Å². The van der Waals surface area contributed by atoms with E-state index in [4.69, 9.17) is 9.36 Å². The van der Waals surface area contributed by atoms with E-state index in [2.05, 4.69) is 30.2 Å². The van der Waals surface area contributed by atoms with Crippen molar-refractivity contribution in [3.8, 4) is 11.4 Å². The minimum atomic E-state index is -0.823. The summed E-state index contributed by atoms with van der Waals surface area (Å²) in [6, 6.07) is 7.50. The highest BCUT2D eigenvalue weighted by Crippen LogP contribution is 2.44. The highest BCUT2D eigenvalue weighted by Gasteiger charge is 2.55. The van der Waals surface area contributed by atoms with Crippen molar-refractivity contribution in [2.24, 2.45) is 5.16 Å². The molecule has 8 nitrogen and oxygen atoms in total. The van der Waals surface area contributed by atoms with Crippen LogP contribution >= 0.6 is 0 Å². The fourth-order valence-electron chi connectivity index (χ4n) is 3.30. The number of rotatable bonds is 3. The van der Waals surface area contributed by atoms with E-state index < -0.39 is 5.72 Å². The molecule has 0 aliphatic carbocycles. The van der Waals surface area contributed by atoms with Gasteiger partial charge in [0.05, 0.1) is 0 Å². The SMILES string of the molecule is c1cc(C2=NOC3(c4nc(-c5ccncc5)no4)CCCN23)ccn1. The molecule has 0 radical (unpaired) electrons. The standard InChI is InChI=1S/C17H14N6O2/c1-6-17(16-20-14(21-24-16)12-2-7-18-8-3-12)23(11-1)15(22-25-17)13-4-9-19-10-5-13/h2-5,7-10H,1,6,11H2. The minimum Gasteiger partial charge on any atom is -0.355 e. The van der Waals surface area contributed by atoms with Crippen molar-refractivity contribution in [1.29, 1.82) is 0 Å². The molecule has 0 N–H and O–H groups in total. The monoisotopic (exact) mass is 334 g/mol. The third-order valence-electron chi connectivity index (χ3n) is 4.51. The zero-order valence-electron chi connectivity index (χ0n) is 13.2. The second kappa shape index (κ2) is 5.37. The normalized spacial score (nSPS) is 21.8. The second-order valence-corrected chi connectivity index (χ2v) is 5.94. The first-order chi connectivity index (χ1) is 12.4. The Bertz CT molecular complexity index is 927. The van der Waals surface area contributed by atoms with Gasteiger partial charge < -0.3 is 14.3 Å². The molecule has 1 fully saturated rings. The Labute approximate surface area is 143 Å². The summed E-state index contributed by atoms with van der Waals surface area (Å²) < 4.78 is 5.56. The van der Waals surface area contributed by atoms with Crippen LogP contribution < -0.4 is 0 Å². The first kappa shape index (κ1) is 14.1. The summed E-state index contributed by atoms with van der Waals surface area (Å²) in [7, 11) is 0. The molecule has 1 unspecified atom stereocenters. The molecule has 5 heterocycles. The van der Waals surface area contributed by atoms with Crippen molar-refractivity contribution >= 4 is 5.84 Å². The molecule has 2 aliphatic heterocycles. The lowest BCUT2D eigenvalue weighted by Crippen LogP contribution is -2.41. The molecule has 124 valence electrons. The molecular formula is C17H14N6O2. The Morgan fingerprint density at radius 2 is 1.68 bits per heavy atom. The number of hydrogen-bond donors (Lipinski definition) is 0. The molecule has 1 atom stereocenters. The van der Waals surface area contributed by atoms with Gasteiger partial charge in [0, 0.05) is 48.9 Å². The summed E-state index contributed by atoms with van der Waals surface area (Å²) in [5.74, 6) is 1.70. The van der Waals surface area contributed by atoms with Gasteiger partial charge in [-0.25, -0.2) is 0 Å². The molecule has 3 aromatic rings. The van der Waals surface area contributed by atoms with E-state index >= 15 is 0 Å². The van der Waals surface area contributed by atoms with Gasteiger partial charge in [-0.05, 0) is 30.7 Å². The van der Waals surface area contributed by atoms with Crippen LogP contribution in [0.2, 0.25) is 0 Å². The van der Waals surface area contributed by atoms with Crippen LogP contribution in [0.15, 0.2) is 58.7 Å². The van der Waals surface area contributed by atoms with E-state index in [9.17, 15) is 0 Å². The number of amidine groups is 1. The van der Waals surface area contributed by atoms with Crippen LogP contribution in [0.5, 0.6) is 0 Å². The average Bonchev–Trinajstić information content (AvgIpc) is 3.38. The Kier molecular flexibility index (Phi) is 3.03. The Balaban J connectivity index is 1.51. The van der Waals surface area contributed by atoms with Gasteiger partial charge in [-0.2, -0.15) is 4.98 Å². The summed E-state index contributed by atoms with van der Waals surface area (Å²) >= 11 is 0. The summed E-state index contributed by atoms with van der Waals surface area (Å²) in [5.41, 5.74) is 0.975. The maximum Gasteiger partial charge on any atom is 0.295 e. The summed E-state index contributed by atoms with van der Waals surface area (Å²) in [6.45, 7) is 0.814. The number of fused-ring (bicyclic) bond motifs is 1. The molecule has 0 bridgehead atoms. The Morgan fingerprint density at radius 3 is 2.44 bits per heavy atom. The molecule has 8 heteroatoms. The molecule has 0 spiro atoms. The van der Waals surface area contributed by atoms with Crippen LogP contribution in [0.1, 0.15) is 24.3 Å². The maximum atomic E-state index is 5.85. The molecule has 1 saturated heterocycles. The maximum absolute atomic E-state index is 5.85. The predicted octanol–water partition coefficient (Wildman–Crippen LogP) is 2.17. The lowest BCUT2D eigenvalue weighted by Gasteiger charge is -2.26. The van der Waals surface area contributed by atoms with E-state index in [-0.39, 0.29) is 0 Å². The van der Waals surface area contributed by atoms with Gasteiger partial charge >= 0.3 is 0 Å². The fourth-order valence-corrected chi connectivity index (χ4v) is 3.30. The molecular weight excluding hydrogens is 320 g/mol. The Morgan fingerprint density at radius 1 is 0.960 bits per heavy atom. The lowest BCUT2D eigenvalue weighted by molar-refractivity contribution is -0.106. The topological polar surface area (TPSA) is 89.5 Å². The van der Waals surface area contributed by atoms with Crippen molar-refractivity contribution in [3.05, 3.63) is 60.5 Å². The largest absolute Gasteiger partial charge is 0.355 e. The van der Waals surface area contributed by atoms with Crippen LogP contribution in [0.25, 0.3) is 11.4 Å². The van der Waals surface area contributed by atoms with Crippen LogP contribution in [0, 0.1) is 0 Å². The first-order valence-electron chi connectivity index (χ1n) is 8.06. The molecule has 25 heavy (non-hydrogen) atoms. The number of oxime groups is 1. The molecule has 2 aliphatic rings. The quantitative estimate of drug-likeness (QED) is 0.725. The molecule has 0 amide bonds. The second-order valence-electron chi connectivity index (χ2n) is 5.94. The average molecular weight is 334 g/mol. The van der Waals surface area contributed by atoms with Gasteiger partial charge in [0.15, 0.2) is 5.84 Å². The lowest BCUT2D eigenvalue weighted by atomic mass is 10.1. The smallest absolute Gasteiger partial charge is 0.295 e. The van der Waals surface area contributed by atoms with Gasteiger partial charge in [-0.1, -0.05) is 10.3 Å². The van der Waals surface area contributed by atoms with Crippen LogP contribution in [0.4, 0.5) is 0 Å². The van der Waals surface area contributed by atoms with Gasteiger partial charge in [-0.3, -0.25) is 9.97 Å². The van der Waals surface area contributed by atoms with E-state index in [0.29, 0.717) is 11.7 Å². The van der Waals surface area contributed by atoms with Crippen molar-refractivity contribution in [3.63, 3.8) is 0 Å². The van der Waals surface area contributed by atoms with Crippen molar-refractivity contribution in [1.82, 2.24) is 25.0 Å². The fraction of sp³-hybridized carbons (Fsp3) is 0.235. The zero-order chi connectivity index (χ0) is 16.7. The molecule has 3 aromatic heterocycles. The molecule has 5 rings (SSSR count). The van der Waals surface area contributed by atoms with Crippen molar-refractivity contribution in [2.75, 3.05) is 6.54 Å². The minimum absolute atomic E-state index is 0.421. The van der Waals surface area contributed by atoms with Gasteiger partial charge in [0.25, 0.3) is 11.6 Å². The van der Waals surface area contributed by atoms with Gasteiger partial charge in [-0.15, -0.1) is 0 Å². The highest BCUT2D eigenvalue weighted by molar-refractivity contribution is 5.99. The van der Waals surface area contributed by atoms with E-state index in [1.54, 1.807) is 24.8 Å². The highest BCUT2D eigenvalue weighted by atomic mass is 16.7. The number of hydrogen-bond acceptors (Lipinski definition) is 8. The summed E-state index contributed by atoms with van der Waals surface area (Å²) in [6.07, 6.45) is 8.56. The van der Waals surface area contributed by atoms with Gasteiger partial charge in [0.2, 0.25) is 5.82 Å². The Hall–Kier alpha value is -3.29. The predicted molar refractivity (Wildman–Crippen MR) is 87.0 cm³/mol. The third-order valence-corrected chi connectivity index (χ3v) is 4.51. The first-order valence-corrected chi connectivity index (χ1v) is 8.06. The number of pyridine rings is 2. The van der Waals surface area contributed by atoms with E-state index in [1.807, 2.05) is 24.3 Å². The number of aromatic nitrogens is 4. The number of nitrogens with zero attached hydrogens (tertiary/aromatic N) is 6. The zero-order valence-corrected chi connectivity index (χ0v) is 13.2.